The van der Waals surface area contributed by atoms with Gasteiger partial charge in [0.15, 0.2) is 0 Å². The summed E-state index contributed by atoms with van der Waals surface area (Å²) in [5, 5.41) is 3.42. The molecule has 5 nitrogen and oxygen atoms in total. The molecule has 0 aliphatic heterocycles. The number of hydrogen-bond acceptors (Lipinski definition) is 5. The Hall–Kier alpha value is -3.87. The molecule has 3 aromatic carbocycles. The number of aromatic nitrogens is 3. The van der Waals surface area contributed by atoms with Crippen LogP contribution in [0, 0.1) is 0 Å². The fourth-order valence-electron chi connectivity index (χ4n) is 5.38. The Kier molecular flexibility index (Phi) is 7.98. The van der Waals surface area contributed by atoms with E-state index in [0.717, 1.165) is 53.9 Å². The molecule has 0 amide bonds. The molecule has 1 N–H and O–H groups in total. The van der Waals surface area contributed by atoms with Crippen LogP contribution in [0.15, 0.2) is 108 Å². The number of likely N-dealkylation sites (N-methyl/N-ethyl adjacent to an activating group) is 1. The lowest BCUT2D eigenvalue weighted by molar-refractivity contribution is 0.341. The molecule has 2 aromatic heterocycles. The van der Waals surface area contributed by atoms with Crippen molar-refractivity contribution in [1.29, 1.82) is 0 Å². The van der Waals surface area contributed by atoms with Crippen LogP contribution in [0.1, 0.15) is 33.9 Å². The van der Waals surface area contributed by atoms with Crippen LogP contribution in [0.4, 0.5) is 11.6 Å². The largest absolute Gasteiger partial charge is 0.324 e. The highest BCUT2D eigenvalue weighted by atomic mass is 79.9. The van der Waals surface area contributed by atoms with Crippen molar-refractivity contribution < 1.29 is 0 Å². The highest BCUT2D eigenvalue weighted by Gasteiger charge is 2.27. The second kappa shape index (κ2) is 12.1. The summed E-state index contributed by atoms with van der Waals surface area (Å²) < 4.78 is 1.10. The Morgan fingerprint density at radius 3 is 2.52 bits per heavy atom. The van der Waals surface area contributed by atoms with E-state index in [2.05, 4.69) is 117 Å². The number of halogens is 1. The van der Waals surface area contributed by atoms with Crippen molar-refractivity contribution in [2.75, 3.05) is 25.5 Å². The maximum Gasteiger partial charge on any atom is 0.227 e. The minimum absolute atomic E-state index is 0.283. The highest BCUT2D eigenvalue weighted by Crippen LogP contribution is 2.42. The van der Waals surface area contributed by atoms with Gasteiger partial charge in [-0.3, -0.25) is 4.98 Å². The van der Waals surface area contributed by atoms with Gasteiger partial charge in [-0.1, -0.05) is 70.5 Å². The van der Waals surface area contributed by atoms with Gasteiger partial charge in [-0.05, 0) is 78.5 Å². The SMILES string of the molecule is CN(CCc1ccc(Nc2ncc3c(n2)-c2ccccc2C(c2cccc(Br)c2)C3)cc1)CCc1ccccn1. The summed E-state index contributed by atoms with van der Waals surface area (Å²) in [5.74, 6) is 0.904. The van der Waals surface area contributed by atoms with Crippen molar-refractivity contribution in [1.82, 2.24) is 19.9 Å². The third kappa shape index (κ3) is 6.14. The molecular formula is C34H32BrN5. The van der Waals surface area contributed by atoms with E-state index in [4.69, 9.17) is 9.97 Å². The quantitative estimate of drug-likeness (QED) is 0.193. The van der Waals surface area contributed by atoms with E-state index < -0.39 is 0 Å². The lowest BCUT2D eigenvalue weighted by atomic mass is 9.78. The fraction of sp³-hybridized carbons (Fsp3) is 0.206. The van der Waals surface area contributed by atoms with Gasteiger partial charge in [0.2, 0.25) is 5.95 Å². The number of pyridine rings is 1. The first kappa shape index (κ1) is 26.4. The van der Waals surface area contributed by atoms with Crippen molar-refractivity contribution in [3.8, 4) is 11.3 Å². The maximum atomic E-state index is 4.98. The minimum Gasteiger partial charge on any atom is -0.324 e. The van der Waals surface area contributed by atoms with Crippen LogP contribution in [0.25, 0.3) is 11.3 Å². The number of nitrogens with zero attached hydrogens (tertiary/aromatic N) is 4. The molecule has 6 heteroatoms. The van der Waals surface area contributed by atoms with Crippen LogP contribution in [-0.4, -0.2) is 40.0 Å². The first-order valence-electron chi connectivity index (χ1n) is 13.8. The Labute approximate surface area is 244 Å². The number of benzene rings is 3. The third-order valence-corrected chi connectivity index (χ3v) is 8.09. The number of hydrogen-bond donors (Lipinski definition) is 1. The molecule has 40 heavy (non-hydrogen) atoms. The van der Waals surface area contributed by atoms with Crippen LogP contribution in [0.2, 0.25) is 0 Å². The number of rotatable bonds is 9. The highest BCUT2D eigenvalue weighted by molar-refractivity contribution is 9.10. The van der Waals surface area contributed by atoms with Gasteiger partial charge >= 0.3 is 0 Å². The van der Waals surface area contributed by atoms with E-state index in [1.54, 1.807) is 0 Å². The predicted octanol–water partition coefficient (Wildman–Crippen LogP) is 7.45. The van der Waals surface area contributed by atoms with Gasteiger partial charge in [-0.25, -0.2) is 9.97 Å². The van der Waals surface area contributed by atoms with Crippen LogP contribution in [-0.2, 0) is 19.3 Å². The smallest absolute Gasteiger partial charge is 0.227 e. The van der Waals surface area contributed by atoms with E-state index in [9.17, 15) is 0 Å². The summed E-state index contributed by atoms with van der Waals surface area (Å²) in [6, 6.07) is 31.9. The molecule has 6 rings (SSSR count). The summed E-state index contributed by atoms with van der Waals surface area (Å²) in [6.07, 6.45) is 6.70. The summed E-state index contributed by atoms with van der Waals surface area (Å²) in [7, 11) is 2.17. The van der Waals surface area contributed by atoms with Gasteiger partial charge in [-0.15, -0.1) is 0 Å². The first-order valence-corrected chi connectivity index (χ1v) is 14.6. The lowest BCUT2D eigenvalue weighted by Crippen LogP contribution is -2.24. The molecule has 1 unspecified atom stereocenters. The van der Waals surface area contributed by atoms with Gasteiger partial charge in [0.05, 0.1) is 5.69 Å². The molecule has 0 saturated heterocycles. The lowest BCUT2D eigenvalue weighted by Gasteiger charge is -2.27. The van der Waals surface area contributed by atoms with Gasteiger partial charge in [0.1, 0.15) is 0 Å². The number of fused-ring (bicyclic) bond motifs is 3. The molecule has 1 atom stereocenters. The topological polar surface area (TPSA) is 53.9 Å². The Balaban J connectivity index is 1.11. The van der Waals surface area contributed by atoms with Crippen LogP contribution < -0.4 is 5.32 Å². The van der Waals surface area contributed by atoms with Crippen LogP contribution in [0.5, 0.6) is 0 Å². The molecular weight excluding hydrogens is 558 g/mol. The van der Waals surface area contributed by atoms with Gasteiger partial charge in [0, 0.05) is 59.2 Å². The van der Waals surface area contributed by atoms with E-state index >= 15 is 0 Å². The van der Waals surface area contributed by atoms with Crippen molar-refractivity contribution in [2.24, 2.45) is 0 Å². The van der Waals surface area contributed by atoms with Gasteiger partial charge < -0.3 is 10.2 Å². The zero-order valence-corrected chi connectivity index (χ0v) is 24.2. The molecule has 0 spiro atoms. The summed E-state index contributed by atoms with van der Waals surface area (Å²) in [4.78, 5) is 16.5. The first-order chi connectivity index (χ1) is 19.6. The van der Waals surface area contributed by atoms with E-state index in [0.29, 0.717) is 5.95 Å². The van der Waals surface area contributed by atoms with Crippen LogP contribution >= 0.6 is 15.9 Å². The Morgan fingerprint density at radius 2 is 1.70 bits per heavy atom. The fourth-order valence-corrected chi connectivity index (χ4v) is 5.80. The number of nitrogens with one attached hydrogen (secondary N) is 1. The van der Waals surface area contributed by atoms with Crippen molar-refractivity contribution in [3.05, 3.63) is 136 Å². The maximum absolute atomic E-state index is 4.98. The van der Waals surface area contributed by atoms with Crippen LogP contribution in [0.3, 0.4) is 0 Å². The zero-order chi connectivity index (χ0) is 27.3. The third-order valence-electron chi connectivity index (χ3n) is 7.60. The Morgan fingerprint density at radius 1 is 0.875 bits per heavy atom. The molecule has 0 fully saturated rings. The van der Waals surface area contributed by atoms with Crippen molar-refractivity contribution >= 4 is 27.6 Å². The van der Waals surface area contributed by atoms with Crippen molar-refractivity contribution in [2.45, 2.75) is 25.2 Å². The molecule has 0 radical (unpaired) electrons. The molecule has 2 heterocycles. The zero-order valence-electron chi connectivity index (χ0n) is 22.6. The number of anilines is 2. The summed E-state index contributed by atoms with van der Waals surface area (Å²) >= 11 is 3.64. The predicted molar refractivity (Wildman–Crippen MR) is 166 cm³/mol. The summed E-state index contributed by atoms with van der Waals surface area (Å²) in [5.41, 5.74) is 9.43. The minimum atomic E-state index is 0.283. The second-order valence-electron chi connectivity index (χ2n) is 10.4. The molecule has 1 aliphatic rings. The van der Waals surface area contributed by atoms with Gasteiger partial charge in [0.25, 0.3) is 0 Å². The average molecular weight is 591 g/mol. The van der Waals surface area contributed by atoms with E-state index in [-0.39, 0.29) is 5.92 Å². The monoisotopic (exact) mass is 589 g/mol. The molecule has 0 bridgehead atoms. The normalized spacial score (nSPS) is 14.0. The van der Waals surface area contributed by atoms with E-state index in [1.165, 1.54) is 27.8 Å². The standard InChI is InChI=1S/C34H32BrN5/c1-40(20-17-28-9-4-5-18-36-28)19-16-24-12-14-29(15-13-24)38-34-37-23-26-22-32(25-7-6-8-27(35)21-25)30-10-2-3-11-31(30)33(26)39-34/h2-15,18,21,23,32H,16-17,19-20,22H2,1H3,(H,37,38,39). The molecule has 1 aliphatic carbocycles. The molecule has 5 aromatic rings. The van der Waals surface area contributed by atoms with Crippen molar-refractivity contribution in [3.63, 3.8) is 0 Å². The average Bonchev–Trinajstić information content (AvgIpc) is 3.00. The Bertz CT molecular complexity index is 1590. The van der Waals surface area contributed by atoms with E-state index in [1.807, 2.05) is 24.5 Å². The molecule has 0 saturated carbocycles. The second-order valence-corrected chi connectivity index (χ2v) is 11.3. The summed E-state index contributed by atoms with van der Waals surface area (Å²) in [6.45, 7) is 2.01. The molecule has 200 valence electrons. The van der Waals surface area contributed by atoms with Gasteiger partial charge in [-0.2, -0.15) is 0 Å².